The summed E-state index contributed by atoms with van der Waals surface area (Å²) in [6, 6.07) is 0. The SMILES string of the molecule is CC(=O)C1C2CC1CN(C(=O)C1CCNCC1)C2. The molecule has 0 aromatic carbocycles. The minimum atomic E-state index is 0.222. The molecule has 1 aliphatic carbocycles. The highest BCUT2D eigenvalue weighted by molar-refractivity contribution is 5.82. The maximum absolute atomic E-state index is 12.4. The van der Waals surface area contributed by atoms with Crippen molar-refractivity contribution in [3.8, 4) is 0 Å². The molecular weight excluding hydrogens is 228 g/mol. The minimum absolute atomic E-state index is 0.222. The summed E-state index contributed by atoms with van der Waals surface area (Å²) in [5.74, 6) is 2.04. The number of nitrogens with one attached hydrogen (secondary N) is 1. The zero-order valence-corrected chi connectivity index (χ0v) is 11.0. The van der Waals surface area contributed by atoms with E-state index in [2.05, 4.69) is 5.32 Å². The predicted octanol–water partition coefficient (Wildman–Crippen LogP) is 0.670. The molecule has 0 radical (unpaired) electrons. The molecule has 2 unspecified atom stereocenters. The quantitative estimate of drug-likeness (QED) is 0.783. The molecule has 3 heterocycles. The highest BCUT2D eigenvalue weighted by atomic mass is 16.2. The van der Waals surface area contributed by atoms with Crippen molar-refractivity contribution in [2.45, 2.75) is 26.2 Å². The summed E-state index contributed by atoms with van der Waals surface area (Å²) >= 11 is 0. The average molecular weight is 250 g/mol. The second kappa shape index (κ2) is 4.65. The van der Waals surface area contributed by atoms with E-state index in [1.54, 1.807) is 6.92 Å². The standard InChI is InChI=1S/C14H22N2O2/c1-9(17)13-11-6-12(13)8-16(7-11)14(18)10-2-4-15-5-3-10/h10-13,15H,2-8H2,1H3. The van der Waals surface area contributed by atoms with Crippen LogP contribution in [-0.2, 0) is 9.59 Å². The number of hydrogen-bond acceptors (Lipinski definition) is 3. The molecule has 1 saturated carbocycles. The minimum Gasteiger partial charge on any atom is -0.342 e. The van der Waals surface area contributed by atoms with Crippen LogP contribution in [0.1, 0.15) is 26.2 Å². The molecule has 0 aromatic heterocycles. The molecule has 1 N–H and O–H groups in total. The van der Waals surface area contributed by atoms with Crippen LogP contribution in [-0.4, -0.2) is 42.8 Å². The fourth-order valence-corrected chi connectivity index (χ4v) is 4.06. The Morgan fingerprint density at radius 2 is 1.72 bits per heavy atom. The molecule has 2 bridgehead atoms. The van der Waals surface area contributed by atoms with Crippen LogP contribution in [0.25, 0.3) is 0 Å². The largest absolute Gasteiger partial charge is 0.342 e. The van der Waals surface area contributed by atoms with Crippen LogP contribution in [0, 0.1) is 23.7 Å². The van der Waals surface area contributed by atoms with Crippen LogP contribution in [0.15, 0.2) is 0 Å². The number of piperidine rings is 3. The van der Waals surface area contributed by atoms with E-state index in [1.807, 2.05) is 4.90 Å². The first kappa shape index (κ1) is 12.2. The van der Waals surface area contributed by atoms with Crippen LogP contribution < -0.4 is 5.32 Å². The second-order valence-corrected chi connectivity index (χ2v) is 6.16. The van der Waals surface area contributed by atoms with E-state index in [9.17, 15) is 9.59 Å². The monoisotopic (exact) mass is 250 g/mol. The lowest BCUT2D eigenvalue weighted by atomic mass is 9.60. The van der Waals surface area contributed by atoms with Crippen molar-refractivity contribution in [1.82, 2.24) is 10.2 Å². The molecule has 4 heteroatoms. The molecular formula is C14H22N2O2. The molecule has 0 aromatic rings. The van der Waals surface area contributed by atoms with Gasteiger partial charge in [0.1, 0.15) is 5.78 Å². The van der Waals surface area contributed by atoms with Gasteiger partial charge in [0.15, 0.2) is 0 Å². The molecule has 4 rings (SSSR count). The maximum Gasteiger partial charge on any atom is 0.225 e. The Morgan fingerprint density at radius 3 is 2.28 bits per heavy atom. The van der Waals surface area contributed by atoms with Gasteiger partial charge >= 0.3 is 0 Å². The lowest BCUT2D eigenvalue weighted by Crippen LogP contribution is -2.59. The number of carbonyl (C=O) groups is 2. The summed E-state index contributed by atoms with van der Waals surface area (Å²) in [5.41, 5.74) is 0. The van der Waals surface area contributed by atoms with E-state index in [-0.39, 0.29) is 11.8 Å². The van der Waals surface area contributed by atoms with E-state index in [0.29, 0.717) is 23.5 Å². The molecule has 3 saturated heterocycles. The van der Waals surface area contributed by atoms with Gasteiger partial charge in [-0.05, 0) is 51.1 Å². The summed E-state index contributed by atoms with van der Waals surface area (Å²) in [6.07, 6.45) is 3.10. The number of ketones is 1. The number of nitrogens with zero attached hydrogens (tertiary/aromatic N) is 1. The van der Waals surface area contributed by atoms with E-state index >= 15 is 0 Å². The van der Waals surface area contributed by atoms with E-state index in [4.69, 9.17) is 0 Å². The Balaban J connectivity index is 1.59. The number of amides is 1. The van der Waals surface area contributed by atoms with Gasteiger partial charge in [-0.15, -0.1) is 0 Å². The van der Waals surface area contributed by atoms with Crippen molar-refractivity contribution >= 4 is 11.7 Å². The van der Waals surface area contributed by atoms with Gasteiger partial charge in [-0.2, -0.15) is 0 Å². The van der Waals surface area contributed by atoms with Crippen LogP contribution in [0.4, 0.5) is 0 Å². The summed E-state index contributed by atoms with van der Waals surface area (Å²) in [7, 11) is 0. The zero-order valence-electron chi connectivity index (χ0n) is 11.0. The number of carbonyl (C=O) groups excluding carboxylic acids is 2. The van der Waals surface area contributed by atoms with Crippen molar-refractivity contribution < 1.29 is 9.59 Å². The van der Waals surface area contributed by atoms with Crippen molar-refractivity contribution in [2.75, 3.05) is 26.2 Å². The summed E-state index contributed by atoms with van der Waals surface area (Å²) in [4.78, 5) is 26.0. The van der Waals surface area contributed by atoms with Crippen molar-refractivity contribution in [3.63, 3.8) is 0 Å². The molecule has 1 amide bonds. The van der Waals surface area contributed by atoms with Gasteiger partial charge in [-0.25, -0.2) is 0 Å². The first-order valence-corrected chi connectivity index (χ1v) is 7.16. The smallest absolute Gasteiger partial charge is 0.225 e. The van der Waals surface area contributed by atoms with Gasteiger partial charge in [0.2, 0.25) is 5.91 Å². The fourth-order valence-electron chi connectivity index (χ4n) is 4.06. The number of rotatable bonds is 2. The zero-order chi connectivity index (χ0) is 12.7. The molecule has 0 spiro atoms. The predicted molar refractivity (Wildman–Crippen MR) is 67.9 cm³/mol. The number of Topliss-reactive ketones (excluding diaryl/α,β-unsaturated/α-hetero) is 1. The number of hydrogen-bond donors (Lipinski definition) is 1. The Bertz CT molecular complexity index is 351. The third kappa shape index (κ3) is 1.96. The lowest BCUT2D eigenvalue weighted by Gasteiger charge is -2.53. The van der Waals surface area contributed by atoms with Crippen LogP contribution >= 0.6 is 0 Å². The van der Waals surface area contributed by atoms with Gasteiger partial charge in [-0.1, -0.05) is 0 Å². The Hall–Kier alpha value is -0.900. The molecule has 4 aliphatic rings. The first-order chi connectivity index (χ1) is 8.66. The number of fused-ring (bicyclic) bond motifs is 2. The summed E-state index contributed by atoms with van der Waals surface area (Å²) in [6.45, 7) is 5.28. The van der Waals surface area contributed by atoms with Crippen LogP contribution in [0.5, 0.6) is 0 Å². The van der Waals surface area contributed by atoms with Gasteiger partial charge in [0.25, 0.3) is 0 Å². The normalized spacial score (nSPS) is 36.1. The highest BCUT2D eigenvalue weighted by Gasteiger charge is 2.50. The first-order valence-electron chi connectivity index (χ1n) is 7.16. The highest BCUT2D eigenvalue weighted by Crippen LogP contribution is 2.46. The van der Waals surface area contributed by atoms with Crippen LogP contribution in [0.2, 0.25) is 0 Å². The van der Waals surface area contributed by atoms with Crippen molar-refractivity contribution in [1.29, 1.82) is 0 Å². The second-order valence-electron chi connectivity index (χ2n) is 6.16. The molecule has 18 heavy (non-hydrogen) atoms. The Kier molecular flexibility index (Phi) is 3.14. The molecule has 100 valence electrons. The fraction of sp³-hybridized carbons (Fsp3) is 0.857. The average Bonchev–Trinajstić information content (AvgIpc) is 2.38. The Morgan fingerprint density at radius 1 is 1.11 bits per heavy atom. The lowest BCUT2D eigenvalue weighted by molar-refractivity contribution is -0.153. The Labute approximate surface area is 108 Å². The van der Waals surface area contributed by atoms with Gasteiger partial charge in [0.05, 0.1) is 0 Å². The van der Waals surface area contributed by atoms with Crippen molar-refractivity contribution in [2.24, 2.45) is 23.7 Å². The van der Waals surface area contributed by atoms with Crippen molar-refractivity contribution in [3.05, 3.63) is 0 Å². The molecule has 4 fully saturated rings. The van der Waals surface area contributed by atoms with Gasteiger partial charge in [-0.3, -0.25) is 9.59 Å². The van der Waals surface area contributed by atoms with E-state index in [1.165, 1.54) is 0 Å². The third-order valence-electron chi connectivity index (χ3n) is 5.00. The van der Waals surface area contributed by atoms with Gasteiger partial charge < -0.3 is 10.2 Å². The van der Waals surface area contributed by atoms with E-state index < -0.39 is 0 Å². The molecule has 3 aliphatic heterocycles. The van der Waals surface area contributed by atoms with E-state index in [0.717, 1.165) is 45.4 Å². The molecule has 2 atom stereocenters. The van der Waals surface area contributed by atoms with Crippen LogP contribution in [0.3, 0.4) is 0 Å². The maximum atomic E-state index is 12.4. The summed E-state index contributed by atoms with van der Waals surface area (Å²) < 4.78 is 0. The molecule has 4 nitrogen and oxygen atoms in total. The summed E-state index contributed by atoms with van der Waals surface area (Å²) in [5, 5.41) is 3.30. The topological polar surface area (TPSA) is 49.4 Å². The van der Waals surface area contributed by atoms with Gasteiger partial charge in [0, 0.05) is 24.9 Å². The third-order valence-corrected chi connectivity index (χ3v) is 5.00.